The van der Waals surface area contributed by atoms with Crippen LogP contribution in [0.15, 0.2) is 58.9 Å². The first-order valence-electron chi connectivity index (χ1n) is 8.78. The Balaban J connectivity index is 1.50. The highest BCUT2D eigenvalue weighted by atomic mass is 32.2. The minimum Gasteiger partial charge on any atom is -0.349 e. The predicted octanol–water partition coefficient (Wildman–Crippen LogP) is 4.95. The van der Waals surface area contributed by atoms with Crippen LogP contribution in [0.25, 0.3) is 0 Å². The molecule has 0 bridgehead atoms. The summed E-state index contributed by atoms with van der Waals surface area (Å²) in [6, 6.07) is 18.1. The van der Waals surface area contributed by atoms with Crippen LogP contribution in [0.5, 0.6) is 0 Å². The molecule has 1 aromatic heterocycles. The summed E-state index contributed by atoms with van der Waals surface area (Å²) in [4.78, 5) is 12.3. The number of thioether (sulfide) groups is 1. The fraction of sp³-hybridized carbons (Fsp3) is 0.250. The molecule has 5 nitrogen and oxygen atoms in total. The highest BCUT2D eigenvalue weighted by Gasteiger charge is 2.14. The molecule has 1 atom stereocenters. The van der Waals surface area contributed by atoms with Crippen LogP contribution >= 0.6 is 23.1 Å². The van der Waals surface area contributed by atoms with Crippen LogP contribution in [0.1, 0.15) is 30.5 Å². The zero-order valence-electron chi connectivity index (χ0n) is 15.3. The van der Waals surface area contributed by atoms with Gasteiger partial charge in [-0.3, -0.25) is 4.79 Å². The molecule has 2 N–H and O–H groups in total. The highest BCUT2D eigenvalue weighted by Crippen LogP contribution is 2.27. The van der Waals surface area contributed by atoms with Crippen molar-refractivity contribution in [1.82, 2.24) is 15.5 Å². The molecule has 0 spiro atoms. The Bertz CT molecular complexity index is 865. The summed E-state index contributed by atoms with van der Waals surface area (Å²) >= 11 is 2.84. The quantitative estimate of drug-likeness (QED) is 0.526. The molecule has 2 aromatic carbocycles. The Hall–Kier alpha value is -2.38. The third-order valence-corrected chi connectivity index (χ3v) is 5.95. The molecule has 27 heavy (non-hydrogen) atoms. The number of benzene rings is 2. The number of rotatable bonds is 8. The number of aromatic nitrogens is 2. The van der Waals surface area contributed by atoms with Crippen molar-refractivity contribution in [2.75, 3.05) is 11.1 Å². The van der Waals surface area contributed by atoms with Crippen molar-refractivity contribution >= 4 is 39.8 Å². The molecule has 0 saturated heterocycles. The van der Waals surface area contributed by atoms with Crippen molar-refractivity contribution in [2.24, 2.45) is 0 Å². The summed E-state index contributed by atoms with van der Waals surface area (Å²) in [6.07, 6.45) is 0.851. The van der Waals surface area contributed by atoms with E-state index in [2.05, 4.69) is 58.9 Å². The average Bonchev–Trinajstić information content (AvgIpc) is 3.13. The molecule has 0 aliphatic carbocycles. The lowest BCUT2D eigenvalue weighted by atomic mass is 10.0. The van der Waals surface area contributed by atoms with Crippen LogP contribution in [-0.2, 0) is 4.79 Å². The van der Waals surface area contributed by atoms with E-state index in [0.29, 0.717) is 5.75 Å². The lowest BCUT2D eigenvalue weighted by Crippen LogP contribution is -2.29. The maximum absolute atomic E-state index is 12.3. The lowest BCUT2D eigenvalue weighted by Gasteiger charge is -2.17. The van der Waals surface area contributed by atoms with E-state index in [1.807, 2.05) is 30.3 Å². The van der Waals surface area contributed by atoms with E-state index in [4.69, 9.17) is 0 Å². The smallest absolute Gasteiger partial charge is 0.230 e. The first kappa shape index (κ1) is 19.4. The molecular formula is C20H22N4OS2. The van der Waals surface area contributed by atoms with E-state index in [9.17, 15) is 4.79 Å². The SMILES string of the molecule is CC[C@H](NC(=O)CSc1nnc(Nc2ccccc2)s1)c1ccc(C)cc1. The summed E-state index contributed by atoms with van der Waals surface area (Å²) in [5, 5.41) is 15.3. The van der Waals surface area contributed by atoms with Gasteiger partial charge >= 0.3 is 0 Å². The van der Waals surface area contributed by atoms with Gasteiger partial charge < -0.3 is 10.6 Å². The number of anilines is 2. The van der Waals surface area contributed by atoms with Crippen molar-refractivity contribution in [3.05, 3.63) is 65.7 Å². The largest absolute Gasteiger partial charge is 0.349 e. The topological polar surface area (TPSA) is 66.9 Å². The van der Waals surface area contributed by atoms with Gasteiger partial charge in [-0.15, -0.1) is 10.2 Å². The van der Waals surface area contributed by atoms with E-state index < -0.39 is 0 Å². The molecule has 1 amide bonds. The van der Waals surface area contributed by atoms with Gasteiger partial charge in [0, 0.05) is 5.69 Å². The van der Waals surface area contributed by atoms with Gasteiger partial charge in [0.25, 0.3) is 0 Å². The number of carbonyl (C=O) groups excluding carboxylic acids is 1. The van der Waals surface area contributed by atoms with Gasteiger partial charge in [-0.05, 0) is 31.0 Å². The fourth-order valence-corrected chi connectivity index (χ4v) is 4.13. The minimum atomic E-state index is 0.000179. The second-order valence-corrected chi connectivity index (χ2v) is 8.29. The van der Waals surface area contributed by atoms with Gasteiger partial charge in [0.1, 0.15) is 0 Å². The molecule has 0 aliphatic heterocycles. The van der Waals surface area contributed by atoms with Crippen molar-refractivity contribution in [3.63, 3.8) is 0 Å². The summed E-state index contributed by atoms with van der Waals surface area (Å²) in [6.45, 7) is 4.13. The van der Waals surface area contributed by atoms with Gasteiger partial charge in [-0.25, -0.2) is 0 Å². The normalized spacial score (nSPS) is 11.8. The maximum Gasteiger partial charge on any atom is 0.230 e. The molecule has 140 valence electrons. The summed E-state index contributed by atoms with van der Waals surface area (Å²) in [5.41, 5.74) is 3.31. The Labute approximate surface area is 167 Å². The van der Waals surface area contributed by atoms with E-state index in [1.54, 1.807) is 0 Å². The van der Waals surface area contributed by atoms with Crippen LogP contribution in [0.2, 0.25) is 0 Å². The Morgan fingerprint density at radius 3 is 2.56 bits per heavy atom. The summed E-state index contributed by atoms with van der Waals surface area (Å²) in [5.74, 6) is 0.322. The molecule has 0 aliphatic rings. The highest BCUT2D eigenvalue weighted by molar-refractivity contribution is 8.01. The fourth-order valence-electron chi connectivity index (χ4n) is 2.55. The summed E-state index contributed by atoms with van der Waals surface area (Å²) in [7, 11) is 0. The molecule has 0 fully saturated rings. The van der Waals surface area contributed by atoms with E-state index in [-0.39, 0.29) is 11.9 Å². The van der Waals surface area contributed by atoms with Crippen LogP contribution in [0, 0.1) is 6.92 Å². The van der Waals surface area contributed by atoms with Crippen molar-refractivity contribution in [3.8, 4) is 0 Å². The van der Waals surface area contributed by atoms with Crippen LogP contribution in [-0.4, -0.2) is 21.9 Å². The van der Waals surface area contributed by atoms with Gasteiger partial charge in [-0.2, -0.15) is 0 Å². The molecular weight excluding hydrogens is 376 g/mol. The van der Waals surface area contributed by atoms with Crippen molar-refractivity contribution < 1.29 is 4.79 Å². The Morgan fingerprint density at radius 2 is 1.85 bits per heavy atom. The zero-order chi connectivity index (χ0) is 19.1. The number of carbonyl (C=O) groups is 1. The van der Waals surface area contributed by atoms with E-state index >= 15 is 0 Å². The second-order valence-electron chi connectivity index (χ2n) is 6.09. The average molecular weight is 399 g/mol. The first-order chi connectivity index (χ1) is 13.1. The molecule has 3 rings (SSSR count). The van der Waals surface area contributed by atoms with Crippen LogP contribution in [0.4, 0.5) is 10.8 Å². The molecule has 0 saturated carbocycles. The van der Waals surface area contributed by atoms with Crippen molar-refractivity contribution in [1.29, 1.82) is 0 Å². The van der Waals surface area contributed by atoms with Gasteiger partial charge in [0.15, 0.2) is 4.34 Å². The minimum absolute atomic E-state index is 0.000179. The number of nitrogens with one attached hydrogen (secondary N) is 2. The third-order valence-electron chi connectivity index (χ3n) is 3.98. The monoisotopic (exact) mass is 398 g/mol. The van der Waals surface area contributed by atoms with Crippen LogP contribution < -0.4 is 10.6 Å². The first-order valence-corrected chi connectivity index (χ1v) is 10.6. The zero-order valence-corrected chi connectivity index (χ0v) is 16.9. The van der Waals surface area contributed by atoms with E-state index in [1.165, 1.54) is 28.7 Å². The maximum atomic E-state index is 12.3. The standard InChI is InChI=1S/C20H22N4OS2/c1-3-17(15-11-9-14(2)10-12-15)22-18(25)13-26-20-24-23-19(27-20)21-16-7-5-4-6-8-16/h4-12,17H,3,13H2,1-2H3,(H,21,23)(H,22,25)/t17-/m0/s1. The Kier molecular flexibility index (Phi) is 6.84. The molecule has 3 aromatic rings. The number of hydrogen-bond donors (Lipinski definition) is 2. The molecule has 7 heteroatoms. The number of nitrogens with zero attached hydrogens (tertiary/aromatic N) is 2. The summed E-state index contributed by atoms with van der Waals surface area (Å²) < 4.78 is 0.770. The number of amides is 1. The van der Waals surface area contributed by atoms with Gasteiger partial charge in [-0.1, -0.05) is 78.1 Å². The lowest BCUT2D eigenvalue weighted by molar-refractivity contribution is -0.119. The Morgan fingerprint density at radius 1 is 1.11 bits per heavy atom. The molecule has 0 unspecified atom stereocenters. The third kappa shape index (κ3) is 5.80. The predicted molar refractivity (Wildman–Crippen MR) is 113 cm³/mol. The van der Waals surface area contributed by atoms with E-state index in [0.717, 1.165) is 27.1 Å². The number of hydrogen-bond acceptors (Lipinski definition) is 6. The van der Waals surface area contributed by atoms with Crippen molar-refractivity contribution in [2.45, 2.75) is 30.6 Å². The molecule has 0 radical (unpaired) electrons. The number of aryl methyl sites for hydroxylation is 1. The molecule has 1 heterocycles. The second kappa shape index (κ2) is 9.53. The van der Waals surface area contributed by atoms with Crippen LogP contribution in [0.3, 0.4) is 0 Å². The van der Waals surface area contributed by atoms with Gasteiger partial charge in [0.2, 0.25) is 11.0 Å². The van der Waals surface area contributed by atoms with Gasteiger partial charge in [0.05, 0.1) is 11.8 Å². The number of para-hydroxylation sites is 1.